The third-order valence-electron chi connectivity index (χ3n) is 3.83. The monoisotopic (exact) mass is 468 g/mol. The van der Waals surface area contributed by atoms with E-state index in [1.807, 2.05) is 0 Å². The maximum absolute atomic E-state index is 12.8. The van der Waals surface area contributed by atoms with Gasteiger partial charge in [-0.25, -0.2) is 19.2 Å². The number of amides is 2. The van der Waals surface area contributed by atoms with Crippen LogP contribution in [0.4, 0.5) is 26.5 Å². The molecule has 0 saturated carbocycles. The second-order valence-corrected chi connectivity index (χ2v) is 7.94. The number of carbonyl (C=O) groups excluding carboxylic acids is 2. The fraction of sp³-hybridized carbons (Fsp3) is 0.400. The largest absolute Gasteiger partial charge is 0.454 e. The number of nitrogens with two attached hydrogens (primary N) is 1. The van der Waals surface area contributed by atoms with E-state index in [9.17, 15) is 14.0 Å². The predicted molar refractivity (Wildman–Crippen MR) is 120 cm³/mol. The van der Waals surface area contributed by atoms with Crippen molar-refractivity contribution in [3.8, 4) is 11.5 Å². The van der Waals surface area contributed by atoms with Crippen LogP contribution >= 0.6 is 11.6 Å². The van der Waals surface area contributed by atoms with Crippen LogP contribution in [-0.2, 0) is 9.53 Å². The molecule has 2 heterocycles. The third kappa shape index (κ3) is 7.12. The number of pyridine rings is 2. The van der Waals surface area contributed by atoms with Crippen LogP contribution < -0.4 is 21.1 Å². The Labute approximate surface area is 190 Å². The molecule has 32 heavy (non-hydrogen) atoms. The Hall–Kier alpha value is -3.34. The number of anilines is 3. The number of alkyl halides is 1. The summed E-state index contributed by atoms with van der Waals surface area (Å²) >= 11 is 6.28. The summed E-state index contributed by atoms with van der Waals surface area (Å²) in [5.41, 5.74) is 5.40. The minimum atomic E-state index is -0.820. The van der Waals surface area contributed by atoms with Gasteiger partial charge in [-0.1, -0.05) is 11.6 Å². The van der Waals surface area contributed by atoms with E-state index in [0.29, 0.717) is 11.4 Å². The summed E-state index contributed by atoms with van der Waals surface area (Å²) in [5.74, 6) is 0.352. The van der Waals surface area contributed by atoms with E-state index in [-0.39, 0.29) is 29.0 Å². The zero-order chi connectivity index (χ0) is 23.9. The van der Waals surface area contributed by atoms with Crippen LogP contribution in [0.25, 0.3) is 0 Å². The molecule has 0 aliphatic rings. The number of nitrogen functional groups attached to an aromatic ring is 1. The van der Waals surface area contributed by atoms with Gasteiger partial charge in [0.05, 0.1) is 18.4 Å². The van der Waals surface area contributed by atoms with Crippen LogP contribution in [0.1, 0.15) is 20.8 Å². The van der Waals surface area contributed by atoms with Gasteiger partial charge in [-0.2, -0.15) is 0 Å². The quantitative estimate of drug-likeness (QED) is 0.534. The molecule has 2 amide bonds. The number of rotatable bonds is 8. The molecular formula is C20H26ClFN6O4. The Morgan fingerprint density at radius 3 is 2.66 bits per heavy atom. The topological polar surface area (TPSA) is 132 Å². The Bertz CT molecular complexity index is 970. The first-order valence-electron chi connectivity index (χ1n) is 9.63. The lowest BCUT2D eigenvalue weighted by molar-refractivity contribution is -0.117. The first-order valence-corrected chi connectivity index (χ1v) is 10.0. The van der Waals surface area contributed by atoms with Crippen molar-refractivity contribution in [3.05, 3.63) is 29.5 Å². The molecular weight excluding hydrogens is 443 g/mol. The number of ether oxygens (including phenoxy) is 2. The van der Waals surface area contributed by atoms with Crippen LogP contribution in [-0.4, -0.2) is 59.3 Å². The molecule has 174 valence electrons. The van der Waals surface area contributed by atoms with Gasteiger partial charge in [-0.3, -0.25) is 9.69 Å². The van der Waals surface area contributed by atoms with Crippen LogP contribution in [0, 0.1) is 0 Å². The lowest BCUT2D eigenvalue weighted by atomic mass is 10.2. The maximum Gasteiger partial charge on any atom is 0.410 e. The molecule has 0 saturated heterocycles. The number of nitrogens with zero attached hydrogens (tertiary/aromatic N) is 3. The van der Waals surface area contributed by atoms with Crippen molar-refractivity contribution in [1.29, 1.82) is 0 Å². The zero-order valence-electron chi connectivity index (χ0n) is 18.2. The van der Waals surface area contributed by atoms with Crippen molar-refractivity contribution >= 4 is 40.9 Å². The van der Waals surface area contributed by atoms with Crippen LogP contribution in [0.2, 0.25) is 5.02 Å². The van der Waals surface area contributed by atoms with E-state index in [1.54, 1.807) is 33.9 Å². The number of aromatic nitrogens is 2. The minimum absolute atomic E-state index is 0.158. The molecule has 0 aromatic carbocycles. The Kier molecular flexibility index (Phi) is 8.41. The molecule has 0 unspecified atom stereocenters. The van der Waals surface area contributed by atoms with Gasteiger partial charge in [0.25, 0.3) is 0 Å². The fourth-order valence-electron chi connectivity index (χ4n) is 2.48. The summed E-state index contributed by atoms with van der Waals surface area (Å²) in [6, 6.07) is 3.01. The van der Waals surface area contributed by atoms with E-state index >= 15 is 0 Å². The minimum Gasteiger partial charge on any atom is -0.454 e. The second-order valence-electron chi connectivity index (χ2n) is 7.56. The molecule has 2 aromatic heterocycles. The smallest absolute Gasteiger partial charge is 0.410 e. The van der Waals surface area contributed by atoms with Crippen molar-refractivity contribution in [1.82, 2.24) is 14.9 Å². The zero-order valence-corrected chi connectivity index (χ0v) is 19.0. The molecule has 12 heteroatoms. The van der Waals surface area contributed by atoms with Crippen molar-refractivity contribution in [3.63, 3.8) is 0 Å². The summed E-state index contributed by atoms with van der Waals surface area (Å²) in [4.78, 5) is 33.6. The van der Waals surface area contributed by atoms with E-state index in [2.05, 4.69) is 20.6 Å². The van der Waals surface area contributed by atoms with E-state index < -0.39 is 30.8 Å². The Morgan fingerprint density at radius 1 is 1.31 bits per heavy atom. The number of halogens is 2. The second kappa shape index (κ2) is 10.8. The lowest BCUT2D eigenvalue weighted by Gasteiger charge is -2.26. The van der Waals surface area contributed by atoms with Gasteiger partial charge in [-0.15, -0.1) is 0 Å². The molecule has 2 rings (SSSR count). The molecule has 0 aliphatic carbocycles. The van der Waals surface area contributed by atoms with Crippen LogP contribution in [0.15, 0.2) is 24.5 Å². The lowest BCUT2D eigenvalue weighted by Crippen LogP contribution is -2.42. The van der Waals surface area contributed by atoms with Crippen molar-refractivity contribution in [2.75, 3.05) is 43.2 Å². The van der Waals surface area contributed by atoms with Crippen molar-refractivity contribution < 1.29 is 23.5 Å². The van der Waals surface area contributed by atoms with E-state index in [1.165, 1.54) is 18.5 Å². The molecule has 0 bridgehead atoms. The van der Waals surface area contributed by atoms with Crippen molar-refractivity contribution in [2.24, 2.45) is 0 Å². The highest BCUT2D eigenvalue weighted by molar-refractivity contribution is 6.35. The number of hydrogen-bond acceptors (Lipinski definition) is 8. The van der Waals surface area contributed by atoms with E-state index in [0.717, 1.165) is 4.90 Å². The van der Waals surface area contributed by atoms with Gasteiger partial charge in [0, 0.05) is 19.3 Å². The summed E-state index contributed by atoms with van der Waals surface area (Å²) < 4.78 is 23.8. The molecule has 4 N–H and O–H groups in total. The van der Waals surface area contributed by atoms with Gasteiger partial charge < -0.3 is 25.8 Å². The molecule has 0 spiro atoms. The SMILES string of the molecule is CNc1c(N)ncc(Oc2ccnc(NC(=O)CN(CCF)C(=O)OC(C)(C)C)c2)c1Cl. The Morgan fingerprint density at radius 2 is 2.03 bits per heavy atom. The summed E-state index contributed by atoms with van der Waals surface area (Å²) in [5, 5.41) is 5.62. The molecule has 0 fully saturated rings. The number of hydrogen-bond donors (Lipinski definition) is 3. The van der Waals surface area contributed by atoms with Gasteiger partial charge in [0.2, 0.25) is 5.91 Å². The molecule has 0 aliphatic heterocycles. The molecule has 2 aromatic rings. The van der Waals surface area contributed by atoms with Gasteiger partial charge in [0.1, 0.15) is 41.2 Å². The fourth-order valence-corrected chi connectivity index (χ4v) is 2.76. The summed E-state index contributed by atoms with van der Waals surface area (Å²) in [6.07, 6.45) is 1.99. The first-order chi connectivity index (χ1) is 15.0. The average Bonchev–Trinajstić information content (AvgIpc) is 2.69. The van der Waals surface area contributed by atoms with Gasteiger partial charge in [0.15, 0.2) is 5.75 Å². The highest BCUT2D eigenvalue weighted by atomic mass is 35.5. The van der Waals surface area contributed by atoms with Crippen molar-refractivity contribution in [2.45, 2.75) is 26.4 Å². The Balaban J connectivity index is 2.08. The normalized spacial score (nSPS) is 10.9. The average molecular weight is 469 g/mol. The molecule has 0 atom stereocenters. The van der Waals surface area contributed by atoms with Gasteiger partial charge in [-0.05, 0) is 26.8 Å². The maximum atomic E-state index is 12.8. The summed E-state index contributed by atoms with van der Waals surface area (Å²) in [6.45, 7) is 3.52. The third-order valence-corrected chi connectivity index (χ3v) is 4.21. The first kappa shape index (κ1) is 24.9. The van der Waals surface area contributed by atoms with Gasteiger partial charge >= 0.3 is 6.09 Å². The number of nitrogens with one attached hydrogen (secondary N) is 2. The van der Waals surface area contributed by atoms with Crippen LogP contribution in [0.3, 0.4) is 0 Å². The van der Waals surface area contributed by atoms with Crippen LogP contribution in [0.5, 0.6) is 11.5 Å². The standard InChI is InChI=1S/C20H26ClFN6O4/c1-20(2,3)32-19(30)28(8-6-22)11-15(29)27-14-9-12(5-7-25-14)31-13-10-26-18(23)17(24-4)16(13)21/h5,7,9-10,24H,6,8,11H2,1-4H3,(H2,23,26)(H,25,27,29). The van der Waals surface area contributed by atoms with E-state index in [4.69, 9.17) is 26.8 Å². The highest BCUT2D eigenvalue weighted by Crippen LogP contribution is 2.37. The highest BCUT2D eigenvalue weighted by Gasteiger charge is 2.24. The predicted octanol–water partition coefficient (Wildman–Crippen LogP) is 3.69. The summed E-state index contributed by atoms with van der Waals surface area (Å²) in [7, 11) is 1.65. The molecule has 0 radical (unpaired) electrons. The molecule has 10 nitrogen and oxygen atoms in total. The number of carbonyl (C=O) groups is 2.